The summed E-state index contributed by atoms with van der Waals surface area (Å²) >= 11 is 0. The van der Waals surface area contributed by atoms with Gasteiger partial charge in [-0.05, 0) is 6.92 Å². The molecule has 0 aliphatic carbocycles. The normalized spacial score (nSPS) is 19.7. The van der Waals surface area contributed by atoms with E-state index in [1.807, 2.05) is 0 Å². The fourth-order valence-electron chi connectivity index (χ4n) is 2.20. The highest BCUT2D eigenvalue weighted by Gasteiger charge is 2.28. The maximum atomic E-state index is 13.2. The Labute approximate surface area is 108 Å². The topological polar surface area (TPSA) is 43.8 Å². The summed E-state index contributed by atoms with van der Waals surface area (Å²) in [5.41, 5.74) is 0.216. The largest absolute Gasteiger partial charge is 0.465 e. The summed E-state index contributed by atoms with van der Waals surface area (Å²) in [5, 5.41) is 8.93. The van der Waals surface area contributed by atoms with Crippen LogP contribution in [0.1, 0.15) is 6.92 Å². The van der Waals surface area contributed by atoms with E-state index in [0.717, 1.165) is 12.1 Å². The third-order valence-electron chi connectivity index (χ3n) is 3.21. The molecule has 1 saturated heterocycles. The van der Waals surface area contributed by atoms with Gasteiger partial charge in [0.1, 0.15) is 0 Å². The summed E-state index contributed by atoms with van der Waals surface area (Å²) in [4.78, 5) is 13.8. The Bertz CT molecular complexity index is 487. The second-order valence-electron chi connectivity index (χ2n) is 4.49. The molecule has 1 fully saturated rings. The van der Waals surface area contributed by atoms with Crippen LogP contribution in [0.3, 0.4) is 0 Å². The summed E-state index contributed by atoms with van der Waals surface area (Å²) in [6, 6.07) is 1.53. The third kappa shape index (κ3) is 2.59. The molecule has 1 aromatic carbocycles. The van der Waals surface area contributed by atoms with Gasteiger partial charge in [0.15, 0.2) is 17.5 Å². The molecule has 1 aromatic rings. The number of hydrogen-bond acceptors (Lipinski definition) is 2. The van der Waals surface area contributed by atoms with Crippen LogP contribution in [0.15, 0.2) is 12.1 Å². The molecule has 0 aromatic heterocycles. The van der Waals surface area contributed by atoms with Crippen molar-refractivity contribution in [1.82, 2.24) is 4.90 Å². The number of carboxylic acid groups (broad SMARTS) is 1. The Kier molecular flexibility index (Phi) is 3.55. The standard InChI is InChI=1S/C12H13F3N2O2/c1-7-6-16(2-3-17(7)12(18)19)8-4-9(13)11(15)10(14)5-8/h4-5,7H,2-3,6H2,1H3,(H,18,19)/t7-/m0/s1. The third-order valence-corrected chi connectivity index (χ3v) is 3.21. The zero-order chi connectivity index (χ0) is 14.2. The van der Waals surface area contributed by atoms with Gasteiger partial charge in [-0.2, -0.15) is 0 Å². The van der Waals surface area contributed by atoms with Crippen LogP contribution in [0, 0.1) is 17.5 Å². The Hall–Kier alpha value is -1.92. The first-order valence-electron chi connectivity index (χ1n) is 5.79. The van der Waals surface area contributed by atoms with Crippen LogP contribution in [-0.2, 0) is 0 Å². The average molecular weight is 274 g/mol. The number of benzene rings is 1. The lowest BCUT2D eigenvalue weighted by atomic mass is 10.1. The van der Waals surface area contributed by atoms with E-state index in [1.54, 1.807) is 11.8 Å². The first-order chi connectivity index (χ1) is 8.90. The van der Waals surface area contributed by atoms with Crippen molar-refractivity contribution in [3.63, 3.8) is 0 Å². The molecular formula is C12H13F3N2O2. The molecular weight excluding hydrogens is 261 g/mol. The quantitative estimate of drug-likeness (QED) is 0.799. The van der Waals surface area contributed by atoms with Crippen molar-refractivity contribution in [2.45, 2.75) is 13.0 Å². The molecule has 19 heavy (non-hydrogen) atoms. The molecule has 104 valence electrons. The van der Waals surface area contributed by atoms with Crippen molar-refractivity contribution in [3.05, 3.63) is 29.6 Å². The van der Waals surface area contributed by atoms with Crippen LogP contribution in [-0.4, -0.2) is 41.8 Å². The minimum absolute atomic E-state index is 0.216. The molecule has 1 amide bonds. The molecule has 1 aliphatic rings. The smallest absolute Gasteiger partial charge is 0.407 e. The molecule has 7 heteroatoms. The van der Waals surface area contributed by atoms with Gasteiger partial charge < -0.3 is 14.9 Å². The first kappa shape index (κ1) is 13.5. The number of anilines is 1. The van der Waals surface area contributed by atoms with Gasteiger partial charge in [0.2, 0.25) is 0 Å². The van der Waals surface area contributed by atoms with E-state index in [-0.39, 0.29) is 18.3 Å². The Morgan fingerprint density at radius 3 is 2.32 bits per heavy atom. The van der Waals surface area contributed by atoms with E-state index in [1.165, 1.54) is 4.90 Å². The monoisotopic (exact) mass is 274 g/mol. The van der Waals surface area contributed by atoms with E-state index < -0.39 is 23.5 Å². The van der Waals surface area contributed by atoms with E-state index in [2.05, 4.69) is 0 Å². The maximum absolute atomic E-state index is 13.2. The molecule has 0 saturated carbocycles. The van der Waals surface area contributed by atoms with Crippen LogP contribution in [0.2, 0.25) is 0 Å². The van der Waals surface area contributed by atoms with Gasteiger partial charge in [-0.15, -0.1) is 0 Å². The van der Waals surface area contributed by atoms with Gasteiger partial charge in [0.25, 0.3) is 0 Å². The van der Waals surface area contributed by atoms with Gasteiger partial charge in [0.05, 0.1) is 0 Å². The minimum atomic E-state index is -1.50. The van der Waals surface area contributed by atoms with Crippen molar-refractivity contribution in [2.75, 3.05) is 24.5 Å². The van der Waals surface area contributed by atoms with Crippen molar-refractivity contribution in [3.8, 4) is 0 Å². The molecule has 1 atom stereocenters. The van der Waals surface area contributed by atoms with Crippen LogP contribution < -0.4 is 4.90 Å². The van der Waals surface area contributed by atoms with Gasteiger partial charge in [0, 0.05) is 43.5 Å². The summed E-state index contributed by atoms with van der Waals surface area (Å²) in [6.07, 6.45) is -1.02. The molecule has 0 unspecified atom stereocenters. The molecule has 1 N–H and O–H groups in total. The lowest BCUT2D eigenvalue weighted by Gasteiger charge is -2.39. The lowest BCUT2D eigenvalue weighted by molar-refractivity contribution is 0.122. The predicted octanol–water partition coefficient (Wildman–Crippen LogP) is 2.29. The summed E-state index contributed by atoms with van der Waals surface area (Å²) in [6.45, 7) is 2.55. The van der Waals surface area contributed by atoms with E-state index in [0.29, 0.717) is 13.1 Å². The van der Waals surface area contributed by atoms with Crippen LogP contribution in [0.4, 0.5) is 23.7 Å². The summed E-state index contributed by atoms with van der Waals surface area (Å²) in [7, 11) is 0. The summed E-state index contributed by atoms with van der Waals surface area (Å²) < 4.78 is 39.2. The van der Waals surface area contributed by atoms with Gasteiger partial charge in [-0.25, -0.2) is 18.0 Å². The molecule has 0 bridgehead atoms. The number of halogens is 3. The SMILES string of the molecule is C[C@H]1CN(c2cc(F)c(F)c(F)c2)CCN1C(=O)O. The highest BCUT2D eigenvalue weighted by atomic mass is 19.2. The van der Waals surface area contributed by atoms with E-state index >= 15 is 0 Å². The second-order valence-corrected chi connectivity index (χ2v) is 4.49. The highest BCUT2D eigenvalue weighted by molar-refractivity contribution is 5.66. The zero-order valence-electron chi connectivity index (χ0n) is 10.2. The molecule has 4 nitrogen and oxygen atoms in total. The number of nitrogens with zero attached hydrogens (tertiary/aromatic N) is 2. The highest BCUT2D eigenvalue weighted by Crippen LogP contribution is 2.23. The van der Waals surface area contributed by atoms with Crippen molar-refractivity contribution in [1.29, 1.82) is 0 Å². The number of rotatable bonds is 1. The van der Waals surface area contributed by atoms with Gasteiger partial charge in [-0.1, -0.05) is 0 Å². The Morgan fingerprint density at radius 2 is 1.84 bits per heavy atom. The molecule has 0 spiro atoms. The fraction of sp³-hybridized carbons (Fsp3) is 0.417. The van der Waals surface area contributed by atoms with Crippen LogP contribution >= 0.6 is 0 Å². The maximum Gasteiger partial charge on any atom is 0.407 e. The number of hydrogen-bond donors (Lipinski definition) is 1. The first-order valence-corrected chi connectivity index (χ1v) is 5.79. The van der Waals surface area contributed by atoms with Crippen LogP contribution in [0.25, 0.3) is 0 Å². The molecule has 0 radical (unpaired) electrons. The number of amides is 1. The second kappa shape index (κ2) is 4.99. The predicted molar refractivity (Wildman–Crippen MR) is 62.7 cm³/mol. The van der Waals surface area contributed by atoms with Crippen molar-refractivity contribution >= 4 is 11.8 Å². The molecule has 1 aliphatic heterocycles. The van der Waals surface area contributed by atoms with Gasteiger partial charge >= 0.3 is 6.09 Å². The zero-order valence-corrected chi connectivity index (χ0v) is 10.2. The fourth-order valence-corrected chi connectivity index (χ4v) is 2.20. The number of piperazine rings is 1. The van der Waals surface area contributed by atoms with Gasteiger partial charge in [-0.3, -0.25) is 0 Å². The molecule has 2 rings (SSSR count). The molecule has 1 heterocycles. The van der Waals surface area contributed by atoms with Crippen LogP contribution in [0.5, 0.6) is 0 Å². The lowest BCUT2D eigenvalue weighted by Crippen LogP contribution is -2.53. The van der Waals surface area contributed by atoms with E-state index in [9.17, 15) is 18.0 Å². The Balaban J connectivity index is 2.19. The van der Waals surface area contributed by atoms with E-state index in [4.69, 9.17) is 5.11 Å². The number of carbonyl (C=O) groups is 1. The summed E-state index contributed by atoms with van der Waals surface area (Å²) in [5.74, 6) is -3.99. The average Bonchev–Trinajstić information content (AvgIpc) is 2.34. The van der Waals surface area contributed by atoms with Crippen molar-refractivity contribution < 1.29 is 23.1 Å². The minimum Gasteiger partial charge on any atom is -0.465 e. The van der Waals surface area contributed by atoms with Crippen molar-refractivity contribution in [2.24, 2.45) is 0 Å². The Morgan fingerprint density at radius 1 is 1.26 bits per heavy atom.